The Morgan fingerprint density at radius 1 is 1.35 bits per heavy atom. The highest BCUT2D eigenvalue weighted by atomic mass is 79.9. The molecule has 20 heavy (non-hydrogen) atoms. The number of nitrogens with one attached hydrogen (secondary N) is 2. The highest BCUT2D eigenvalue weighted by Gasteiger charge is 2.13. The highest BCUT2D eigenvalue weighted by molar-refractivity contribution is 9.10. The third-order valence-corrected chi connectivity index (χ3v) is 3.11. The van der Waals surface area contributed by atoms with E-state index in [4.69, 9.17) is 4.74 Å². The van der Waals surface area contributed by atoms with Crippen LogP contribution < -0.4 is 10.9 Å². The van der Waals surface area contributed by atoms with Gasteiger partial charge in [0.1, 0.15) is 0 Å². The monoisotopic (exact) mass is 341 g/mol. The van der Waals surface area contributed by atoms with Gasteiger partial charge in [-0.25, -0.2) is 4.79 Å². The summed E-state index contributed by atoms with van der Waals surface area (Å²) in [7, 11) is 0. The van der Waals surface area contributed by atoms with Crippen LogP contribution in [-0.4, -0.2) is 24.5 Å². The number of nitrogens with zero attached hydrogens (tertiary/aromatic N) is 1. The first-order valence-corrected chi connectivity index (χ1v) is 7.38. The van der Waals surface area contributed by atoms with Crippen LogP contribution in [0.25, 0.3) is 0 Å². The number of rotatable bonds is 5. The number of amidine groups is 1. The molecule has 0 unspecified atom stereocenters. The zero-order valence-electron chi connectivity index (χ0n) is 11.9. The van der Waals surface area contributed by atoms with E-state index in [2.05, 4.69) is 31.8 Å². The molecule has 0 aliphatic rings. The minimum atomic E-state index is -0.461. The number of carbonyl (C=O) groups is 1. The van der Waals surface area contributed by atoms with Gasteiger partial charge in [-0.05, 0) is 44.5 Å². The Morgan fingerprint density at radius 2 is 2.00 bits per heavy atom. The molecule has 110 valence electrons. The number of esters is 1. The fraction of sp³-hybridized carbons (Fsp3) is 0.429. The summed E-state index contributed by atoms with van der Waals surface area (Å²) in [6.07, 6.45) is 0.850. The zero-order valence-corrected chi connectivity index (χ0v) is 13.5. The van der Waals surface area contributed by atoms with E-state index in [1.54, 1.807) is 6.92 Å². The fourth-order valence-corrected chi connectivity index (χ4v) is 1.58. The number of hydrogen-bond acceptors (Lipinski definition) is 4. The third kappa shape index (κ3) is 5.61. The summed E-state index contributed by atoms with van der Waals surface area (Å²) in [5, 5.41) is 0. The maximum atomic E-state index is 11.8. The summed E-state index contributed by atoms with van der Waals surface area (Å²) < 4.78 is 5.97. The van der Waals surface area contributed by atoms with Gasteiger partial charge >= 0.3 is 5.97 Å². The molecule has 0 spiro atoms. The van der Waals surface area contributed by atoms with Crippen molar-refractivity contribution in [2.24, 2.45) is 4.99 Å². The molecular weight excluding hydrogens is 322 g/mol. The summed E-state index contributed by atoms with van der Waals surface area (Å²) in [5.74, 6) is -0.276. The molecule has 1 rings (SSSR count). The van der Waals surface area contributed by atoms with Crippen LogP contribution in [0.15, 0.2) is 33.7 Å². The first-order chi connectivity index (χ1) is 9.56. The maximum Gasteiger partial charge on any atom is 0.375 e. The molecule has 0 amide bonds. The Hall–Kier alpha value is -1.56. The molecular formula is C14H20BrN3O2. The van der Waals surface area contributed by atoms with Crippen LogP contribution in [0.1, 0.15) is 27.2 Å². The number of hydrogen-bond donors (Lipinski definition) is 2. The Morgan fingerprint density at radius 3 is 2.55 bits per heavy atom. The van der Waals surface area contributed by atoms with E-state index in [9.17, 15) is 4.79 Å². The molecule has 0 radical (unpaired) electrons. The lowest BCUT2D eigenvalue weighted by molar-refractivity contribution is -0.135. The van der Waals surface area contributed by atoms with Gasteiger partial charge in [0.2, 0.25) is 5.84 Å². The van der Waals surface area contributed by atoms with Crippen molar-refractivity contribution < 1.29 is 9.53 Å². The van der Waals surface area contributed by atoms with Gasteiger partial charge in [-0.3, -0.25) is 15.8 Å². The van der Waals surface area contributed by atoms with Crippen LogP contribution in [0, 0.1) is 0 Å². The van der Waals surface area contributed by atoms with E-state index in [-0.39, 0.29) is 11.9 Å². The quantitative estimate of drug-likeness (QED) is 0.374. The SMILES string of the molecule is CCOC(=O)C(=N[C@H](C)CC)NNc1ccc(Br)cc1. The van der Waals surface area contributed by atoms with E-state index in [0.717, 1.165) is 16.6 Å². The second-order valence-electron chi connectivity index (χ2n) is 4.21. The van der Waals surface area contributed by atoms with Crippen molar-refractivity contribution >= 4 is 33.4 Å². The van der Waals surface area contributed by atoms with E-state index < -0.39 is 5.97 Å². The van der Waals surface area contributed by atoms with Gasteiger partial charge in [-0.2, -0.15) is 0 Å². The minimum Gasteiger partial charge on any atom is -0.460 e. The summed E-state index contributed by atoms with van der Waals surface area (Å²) in [5.41, 5.74) is 6.58. The maximum absolute atomic E-state index is 11.8. The van der Waals surface area contributed by atoms with Crippen molar-refractivity contribution in [1.29, 1.82) is 0 Å². The van der Waals surface area contributed by atoms with Gasteiger partial charge in [0.05, 0.1) is 12.3 Å². The molecule has 0 fully saturated rings. The number of aliphatic imine (C=N–C) groups is 1. The molecule has 1 atom stereocenters. The van der Waals surface area contributed by atoms with Gasteiger partial charge in [0.25, 0.3) is 0 Å². The van der Waals surface area contributed by atoms with E-state index >= 15 is 0 Å². The highest BCUT2D eigenvalue weighted by Crippen LogP contribution is 2.13. The van der Waals surface area contributed by atoms with E-state index in [0.29, 0.717) is 6.61 Å². The molecule has 0 aliphatic heterocycles. The van der Waals surface area contributed by atoms with Crippen molar-refractivity contribution in [3.05, 3.63) is 28.7 Å². The number of hydrazine groups is 1. The number of anilines is 1. The lowest BCUT2D eigenvalue weighted by Gasteiger charge is -2.13. The second-order valence-corrected chi connectivity index (χ2v) is 5.13. The number of carbonyl (C=O) groups excluding carboxylic acids is 1. The lowest BCUT2D eigenvalue weighted by atomic mass is 10.3. The average molecular weight is 342 g/mol. The molecule has 0 saturated heterocycles. The van der Waals surface area contributed by atoms with E-state index in [1.807, 2.05) is 38.1 Å². The first-order valence-electron chi connectivity index (χ1n) is 6.59. The fourth-order valence-electron chi connectivity index (χ4n) is 1.31. The minimum absolute atomic E-state index is 0.0497. The Balaban J connectivity index is 2.71. The zero-order chi connectivity index (χ0) is 15.0. The summed E-state index contributed by atoms with van der Waals surface area (Å²) in [4.78, 5) is 16.1. The topological polar surface area (TPSA) is 62.7 Å². The van der Waals surface area contributed by atoms with Crippen LogP contribution in [0.5, 0.6) is 0 Å². The van der Waals surface area contributed by atoms with Gasteiger partial charge in [0, 0.05) is 10.5 Å². The molecule has 6 heteroatoms. The summed E-state index contributed by atoms with van der Waals surface area (Å²) in [6.45, 7) is 6.04. The number of halogens is 1. The molecule has 1 aromatic rings. The molecule has 2 N–H and O–H groups in total. The molecule has 0 bridgehead atoms. The van der Waals surface area contributed by atoms with Crippen LogP contribution >= 0.6 is 15.9 Å². The van der Waals surface area contributed by atoms with Crippen molar-refractivity contribution in [3.63, 3.8) is 0 Å². The van der Waals surface area contributed by atoms with Gasteiger partial charge < -0.3 is 4.74 Å². The smallest absolute Gasteiger partial charge is 0.375 e. The van der Waals surface area contributed by atoms with Crippen LogP contribution in [0.4, 0.5) is 5.69 Å². The van der Waals surface area contributed by atoms with Crippen molar-refractivity contribution in [2.45, 2.75) is 33.2 Å². The standard InChI is InChI=1S/C14H20BrN3O2/c1-4-10(3)16-13(14(19)20-5-2)18-17-12-8-6-11(15)7-9-12/h6-10,17H,4-5H2,1-3H3,(H,16,18)/t10-/m1/s1. The number of ether oxygens (including phenoxy) is 1. The Bertz CT molecular complexity index is 460. The van der Waals surface area contributed by atoms with Gasteiger partial charge in [-0.1, -0.05) is 22.9 Å². The van der Waals surface area contributed by atoms with Crippen molar-refractivity contribution in [2.75, 3.05) is 12.0 Å². The second kappa shape index (κ2) is 8.58. The average Bonchev–Trinajstić information content (AvgIpc) is 2.45. The summed E-state index contributed by atoms with van der Waals surface area (Å²) in [6, 6.07) is 7.61. The van der Waals surface area contributed by atoms with Gasteiger partial charge in [0.15, 0.2) is 0 Å². The van der Waals surface area contributed by atoms with Crippen LogP contribution in [0.2, 0.25) is 0 Å². The number of benzene rings is 1. The Kier molecular flexibility index (Phi) is 7.08. The molecule has 1 aromatic carbocycles. The van der Waals surface area contributed by atoms with Crippen LogP contribution in [0.3, 0.4) is 0 Å². The Labute approximate surface area is 127 Å². The first kappa shape index (κ1) is 16.5. The lowest BCUT2D eigenvalue weighted by Crippen LogP contribution is -2.37. The normalized spacial score (nSPS) is 12.7. The van der Waals surface area contributed by atoms with Crippen molar-refractivity contribution in [1.82, 2.24) is 5.43 Å². The molecule has 0 heterocycles. The van der Waals surface area contributed by atoms with Crippen molar-refractivity contribution in [3.8, 4) is 0 Å². The molecule has 0 aliphatic carbocycles. The molecule has 0 saturated carbocycles. The predicted molar refractivity (Wildman–Crippen MR) is 84.7 cm³/mol. The predicted octanol–water partition coefficient (Wildman–Crippen LogP) is 3.13. The largest absolute Gasteiger partial charge is 0.460 e. The third-order valence-electron chi connectivity index (χ3n) is 2.58. The molecule has 5 nitrogen and oxygen atoms in total. The van der Waals surface area contributed by atoms with E-state index in [1.165, 1.54) is 0 Å². The molecule has 0 aromatic heterocycles. The summed E-state index contributed by atoms with van der Waals surface area (Å²) >= 11 is 3.37. The van der Waals surface area contributed by atoms with Gasteiger partial charge in [-0.15, -0.1) is 0 Å². The van der Waals surface area contributed by atoms with Crippen LogP contribution in [-0.2, 0) is 9.53 Å².